The summed E-state index contributed by atoms with van der Waals surface area (Å²) in [6.45, 7) is 8.42. The molecule has 0 aliphatic carbocycles. The van der Waals surface area contributed by atoms with Gasteiger partial charge in [0.05, 0.1) is 12.2 Å². The van der Waals surface area contributed by atoms with Gasteiger partial charge in [-0.15, -0.1) is 6.58 Å². The number of hydrogen-bond donors (Lipinski definition) is 0. The molecule has 15 heavy (non-hydrogen) atoms. The van der Waals surface area contributed by atoms with Crippen molar-refractivity contribution in [2.45, 2.75) is 71.0 Å². The third-order valence-electron chi connectivity index (χ3n) is 3.40. The number of ether oxygens (including phenoxy) is 1. The Bertz CT molecular complexity index is 176. The van der Waals surface area contributed by atoms with E-state index in [0.29, 0.717) is 18.1 Å². The predicted octanol–water partition coefficient (Wildman–Crippen LogP) is 4.33. The van der Waals surface area contributed by atoms with E-state index in [2.05, 4.69) is 26.5 Å². The van der Waals surface area contributed by atoms with Gasteiger partial charge in [0, 0.05) is 5.92 Å². The Labute approximate surface area is 94.9 Å². The van der Waals surface area contributed by atoms with E-state index in [-0.39, 0.29) is 0 Å². The monoisotopic (exact) mass is 210 g/mol. The molecule has 0 radical (unpaired) electrons. The van der Waals surface area contributed by atoms with Crippen molar-refractivity contribution in [2.75, 3.05) is 0 Å². The third kappa shape index (κ3) is 3.98. The van der Waals surface area contributed by atoms with Crippen molar-refractivity contribution in [2.24, 2.45) is 5.92 Å². The maximum atomic E-state index is 6.10. The van der Waals surface area contributed by atoms with Crippen molar-refractivity contribution in [1.82, 2.24) is 0 Å². The van der Waals surface area contributed by atoms with Gasteiger partial charge in [-0.3, -0.25) is 0 Å². The normalized spacial score (nSPS) is 30.7. The predicted molar refractivity (Wildman–Crippen MR) is 66.0 cm³/mol. The fourth-order valence-electron chi connectivity index (χ4n) is 2.41. The molecule has 88 valence electrons. The van der Waals surface area contributed by atoms with Crippen molar-refractivity contribution < 1.29 is 4.74 Å². The van der Waals surface area contributed by atoms with E-state index in [4.69, 9.17) is 4.74 Å². The molecule has 3 unspecified atom stereocenters. The summed E-state index contributed by atoms with van der Waals surface area (Å²) >= 11 is 0. The molecule has 1 heterocycles. The van der Waals surface area contributed by atoms with Crippen LogP contribution in [0.3, 0.4) is 0 Å². The first-order valence-corrected chi connectivity index (χ1v) is 6.59. The fraction of sp³-hybridized carbons (Fsp3) is 0.857. The first-order chi connectivity index (χ1) is 7.31. The van der Waals surface area contributed by atoms with Crippen LogP contribution < -0.4 is 0 Å². The number of unbranched alkanes of at least 4 members (excludes halogenated alkanes) is 2. The Kier molecular flexibility index (Phi) is 6.00. The highest BCUT2D eigenvalue weighted by molar-refractivity contribution is 4.92. The highest BCUT2D eigenvalue weighted by atomic mass is 16.5. The molecule has 1 saturated heterocycles. The Morgan fingerprint density at radius 1 is 1.20 bits per heavy atom. The van der Waals surface area contributed by atoms with Crippen LogP contribution in [0, 0.1) is 5.92 Å². The molecule has 0 bridgehead atoms. The lowest BCUT2D eigenvalue weighted by Gasteiger charge is -2.15. The third-order valence-corrected chi connectivity index (χ3v) is 3.40. The quantitative estimate of drug-likeness (QED) is 0.568. The second-order valence-corrected chi connectivity index (χ2v) is 4.72. The maximum Gasteiger partial charge on any atom is 0.0642 e. The molecule has 0 aromatic carbocycles. The molecule has 3 atom stereocenters. The van der Waals surface area contributed by atoms with Gasteiger partial charge in [0.2, 0.25) is 0 Å². The van der Waals surface area contributed by atoms with Gasteiger partial charge < -0.3 is 4.74 Å². The number of rotatable bonds is 7. The van der Waals surface area contributed by atoms with E-state index in [1.54, 1.807) is 0 Å². The Morgan fingerprint density at radius 3 is 2.47 bits per heavy atom. The minimum atomic E-state index is 0.462. The van der Waals surface area contributed by atoms with E-state index in [0.717, 1.165) is 0 Å². The molecule has 1 heteroatoms. The molecule has 1 fully saturated rings. The first-order valence-electron chi connectivity index (χ1n) is 6.59. The fourth-order valence-corrected chi connectivity index (χ4v) is 2.41. The average Bonchev–Trinajstić information content (AvgIpc) is 2.66. The highest BCUT2D eigenvalue weighted by Crippen LogP contribution is 2.32. The molecular weight excluding hydrogens is 184 g/mol. The summed E-state index contributed by atoms with van der Waals surface area (Å²) in [6, 6.07) is 0. The van der Waals surface area contributed by atoms with Gasteiger partial charge in [0.1, 0.15) is 0 Å². The van der Waals surface area contributed by atoms with E-state index >= 15 is 0 Å². The lowest BCUT2D eigenvalue weighted by atomic mass is 9.95. The smallest absolute Gasteiger partial charge is 0.0642 e. The summed E-state index contributed by atoms with van der Waals surface area (Å²) in [5.74, 6) is 0.610. The van der Waals surface area contributed by atoms with Gasteiger partial charge in [-0.2, -0.15) is 0 Å². The minimum Gasteiger partial charge on any atom is -0.374 e. The van der Waals surface area contributed by atoms with Gasteiger partial charge >= 0.3 is 0 Å². The van der Waals surface area contributed by atoms with Crippen molar-refractivity contribution in [3.05, 3.63) is 12.7 Å². The van der Waals surface area contributed by atoms with Crippen LogP contribution in [0.5, 0.6) is 0 Å². The van der Waals surface area contributed by atoms with Crippen LogP contribution in [0.1, 0.15) is 58.8 Å². The molecule has 0 aromatic heterocycles. The largest absolute Gasteiger partial charge is 0.374 e. The molecule has 0 amide bonds. The Hall–Kier alpha value is -0.300. The summed E-state index contributed by atoms with van der Waals surface area (Å²) in [6.07, 6.45) is 11.9. The van der Waals surface area contributed by atoms with Crippen molar-refractivity contribution in [3.63, 3.8) is 0 Å². The van der Waals surface area contributed by atoms with E-state index in [1.165, 1.54) is 44.9 Å². The van der Waals surface area contributed by atoms with Crippen LogP contribution in [0.2, 0.25) is 0 Å². The summed E-state index contributed by atoms with van der Waals surface area (Å²) in [5, 5.41) is 0. The summed E-state index contributed by atoms with van der Waals surface area (Å²) < 4.78 is 6.10. The summed E-state index contributed by atoms with van der Waals surface area (Å²) in [7, 11) is 0. The second kappa shape index (κ2) is 7.05. The van der Waals surface area contributed by atoms with Crippen LogP contribution in [-0.2, 0) is 4.74 Å². The molecule has 1 aliphatic rings. The molecule has 1 nitrogen and oxygen atoms in total. The average molecular weight is 210 g/mol. The molecule has 0 aromatic rings. The summed E-state index contributed by atoms with van der Waals surface area (Å²) in [4.78, 5) is 0. The standard InChI is InChI=1S/C14H26O/c1-4-7-9-13-11-12(6-3)14(15-13)10-8-5-2/h6,12-14H,3-5,7-11H2,1-2H3. The van der Waals surface area contributed by atoms with Crippen LogP contribution in [0.25, 0.3) is 0 Å². The van der Waals surface area contributed by atoms with Crippen molar-refractivity contribution in [1.29, 1.82) is 0 Å². The topological polar surface area (TPSA) is 9.23 Å². The van der Waals surface area contributed by atoms with Gasteiger partial charge in [0.25, 0.3) is 0 Å². The molecule has 0 spiro atoms. The van der Waals surface area contributed by atoms with Crippen LogP contribution in [-0.4, -0.2) is 12.2 Å². The van der Waals surface area contributed by atoms with Crippen LogP contribution in [0.15, 0.2) is 12.7 Å². The van der Waals surface area contributed by atoms with Gasteiger partial charge in [-0.05, 0) is 19.3 Å². The van der Waals surface area contributed by atoms with Crippen molar-refractivity contribution in [3.8, 4) is 0 Å². The zero-order chi connectivity index (χ0) is 11.1. The van der Waals surface area contributed by atoms with Crippen molar-refractivity contribution >= 4 is 0 Å². The van der Waals surface area contributed by atoms with Gasteiger partial charge in [-0.25, -0.2) is 0 Å². The number of hydrogen-bond acceptors (Lipinski definition) is 1. The van der Waals surface area contributed by atoms with Crippen LogP contribution >= 0.6 is 0 Å². The molecule has 0 N–H and O–H groups in total. The summed E-state index contributed by atoms with van der Waals surface area (Å²) in [5.41, 5.74) is 0. The SMILES string of the molecule is C=CC1CC(CCCC)OC1CCCC. The molecule has 1 rings (SSSR count). The van der Waals surface area contributed by atoms with Gasteiger partial charge in [-0.1, -0.05) is 45.6 Å². The Balaban J connectivity index is 2.33. The van der Waals surface area contributed by atoms with Gasteiger partial charge in [0.15, 0.2) is 0 Å². The first kappa shape index (κ1) is 12.8. The second-order valence-electron chi connectivity index (χ2n) is 4.72. The lowest BCUT2D eigenvalue weighted by molar-refractivity contribution is 0.0278. The minimum absolute atomic E-state index is 0.462. The van der Waals surface area contributed by atoms with E-state index in [9.17, 15) is 0 Å². The highest BCUT2D eigenvalue weighted by Gasteiger charge is 2.31. The molecule has 0 saturated carbocycles. The molecule has 1 aliphatic heterocycles. The lowest BCUT2D eigenvalue weighted by Crippen LogP contribution is -2.14. The maximum absolute atomic E-state index is 6.10. The Morgan fingerprint density at radius 2 is 1.87 bits per heavy atom. The zero-order valence-corrected chi connectivity index (χ0v) is 10.4. The van der Waals surface area contributed by atoms with E-state index in [1.807, 2.05) is 0 Å². The zero-order valence-electron chi connectivity index (χ0n) is 10.4. The van der Waals surface area contributed by atoms with Crippen LogP contribution in [0.4, 0.5) is 0 Å². The van der Waals surface area contributed by atoms with E-state index < -0.39 is 0 Å². The molecular formula is C14H26O.